The van der Waals surface area contributed by atoms with Crippen molar-refractivity contribution < 1.29 is 13.2 Å². The van der Waals surface area contributed by atoms with E-state index in [0.717, 1.165) is 35.6 Å². The lowest BCUT2D eigenvalue weighted by atomic mass is 10.1. The fourth-order valence-electron chi connectivity index (χ4n) is 4.84. The highest BCUT2D eigenvalue weighted by molar-refractivity contribution is 7.92. The van der Waals surface area contributed by atoms with Gasteiger partial charge in [-0.3, -0.25) is 4.72 Å². The third-order valence-corrected chi connectivity index (χ3v) is 9.46. The predicted octanol–water partition coefficient (Wildman–Crippen LogP) is 9.19. The first kappa shape index (κ1) is 34.4. The van der Waals surface area contributed by atoms with E-state index in [-0.39, 0.29) is 4.90 Å². The molecule has 3 aromatic carbocycles. The van der Waals surface area contributed by atoms with Crippen LogP contribution in [0, 0.1) is 29.6 Å². The molecule has 0 bridgehead atoms. The Morgan fingerprint density at radius 2 is 1.63 bits per heavy atom. The molecule has 1 aromatic heterocycles. The summed E-state index contributed by atoms with van der Waals surface area (Å²) in [7, 11) is -3.95. The lowest BCUT2D eigenvalue weighted by Crippen LogP contribution is -2.25. The number of azo groups is 1. The standard InChI is InChI=1S/C34H39N7O3S2/c1-3-4-5-6-7-8-23-44-33-18-11-26(2)24-32(33)40-46(42,43)29-16-17-31-30(25-29)34(45-39-31)38-37-27-12-14-28(15-13-27)41(21-9-19-35)22-10-20-36/h11-18,24-25,40H,3-10,21-23H2,1-2H3. The molecule has 0 atom stereocenters. The minimum atomic E-state index is -3.95. The maximum Gasteiger partial charge on any atom is 0.262 e. The maximum absolute atomic E-state index is 13.5. The monoisotopic (exact) mass is 657 g/mol. The smallest absolute Gasteiger partial charge is 0.262 e. The Hall–Kier alpha value is -4.52. The summed E-state index contributed by atoms with van der Waals surface area (Å²) < 4.78 is 40.2. The summed E-state index contributed by atoms with van der Waals surface area (Å²) in [5.41, 5.74) is 3.42. The van der Waals surface area contributed by atoms with Crippen molar-refractivity contribution in [2.45, 2.75) is 70.1 Å². The highest BCUT2D eigenvalue weighted by Crippen LogP contribution is 2.35. The molecule has 46 heavy (non-hydrogen) atoms. The van der Waals surface area contributed by atoms with Crippen molar-refractivity contribution >= 4 is 54.5 Å². The van der Waals surface area contributed by atoms with Gasteiger partial charge in [0.25, 0.3) is 10.0 Å². The summed E-state index contributed by atoms with van der Waals surface area (Å²) in [6.07, 6.45) is 7.55. The number of aromatic nitrogens is 1. The Morgan fingerprint density at radius 1 is 0.913 bits per heavy atom. The lowest BCUT2D eigenvalue weighted by Gasteiger charge is -2.22. The molecule has 0 saturated heterocycles. The van der Waals surface area contributed by atoms with Gasteiger partial charge in [0, 0.05) is 24.2 Å². The number of fused-ring (bicyclic) bond motifs is 1. The number of rotatable bonds is 18. The predicted molar refractivity (Wildman–Crippen MR) is 184 cm³/mol. The number of unbranched alkanes of at least 4 members (excludes halogenated alkanes) is 5. The molecular weight excluding hydrogens is 619 g/mol. The van der Waals surface area contributed by atoms with Gasteiger partial charge in [-0.25, -0.2) is 8.42 Å². The number of benzene rings is 3. The van der Waals surface area contributed by atoms with Crippen LogP contribution in [0.4, 0.5) is 22.1 Å². The van der Waals surface area contributed by atoms with Crippen LogP contribution in [-0.4, -0.2) is 32.5 Å². The van der Waals surface area contributed by atoms with Gasteiger partial charge in [0.1, 0.15) is 5.75 Å². The van der Waals surface area contributed by atoms with E-state index in [9.17, 15) is 8.42 Å². The number of anilines is 2. The quantitative estimate of drug-likeness (QED) is 0.0829. The Balaban J connectivity index is 1.47. The highest BCUT2D eigenvalue weighted by Gasteiger charge is 2.19. The van der Waals surface area contributed by atoms with Gasteiger partial charge < -0.3 is 9.64 Å². The van der Waals surface area contributed by atoms with Gasteiger partial charge in [0.15, 0.2) is 5.00 Å². The Bertz CT molecular complexity index is 1790. The summed E-state index contributed by atoms with van der Waals surface area (Å²) in [6, 6.07) is 21.9. The van der Waals surface area contributed by atoms with Crippen molar-refractivity contribution in [3.8, 4) is 17.9 Å². The van der Waals surface area contributed by atoms with Gasteiger partial charge in [-0.15, -0.1) is 10.2 Å². The summed E-state index contributed by atoms with van der Waals surface area (Å²) in [5.74, 6) is 0.500. The van der Waals surface area contributed by atoms with Gasteiger partial charge in [-0.2, -0.15) is 14.9 Å². The molecule has 4 rings (SSSR count). The average molecular weight is 658 g/mol. The molecule has 0 saturated carbocycles. The number of aryl methyl sites for hydroxylation is 1. The molecule has 0 unspecified atom stereocenters. The van der Waals surface area contributed by atoms with Crippen LogP contribution in [0.2, 0.25) is 0 Å². The first-order valence-corrected chi connectivity index (χ1v) is 17.8. The zero-order valence-corrected chi connectivity index (χ0v) is 27.9. The zero-order valence-electron chi connectivity index (χ0n) is 26.3. The maximum atomic E-state index is 13.5. The summed E-state index contributed by atoms with van der Waals surface area (Å²) in [6.45, 7) is 5.68. The minimum absolute atomic E-state index is 0.0826. The van der Waals surface area contributed by atoms with Crippen LogP contribution in [-0.2, 0) is 10.0 Å². The molecule has 0 aliphatic carbocycles. The SMILES string of the molecule is CCCCCCCCOc1ccc(C)cc1NS(=O)(=O)c1ccc2nsc(N=Nc3ccc(N(CCC#N)CCC#N)cc3)c2c1. The van der Waals surface area contributed by atoms with E-state index in [2.05, 4.69) is 38.4 Å². The molecule has 0 spiro atoms. The van der Waals surface area contributed by atoms with Crippen molar-refractivity contribution in [3.05, 3.63) is 66.2 Å². The van der Waals surface area contributed by atoms with Crippen LogP contribution < -0.4 is 14.4 Å². The second-order valence-corrected chi connectivity index (χ2v) is 13.3. The third-order valence-electron chi connectivity index (χ3n) is 7.33. The van der Waals surface area contributed by atoms with Crippen molar-refractivity contribution in [3.63, 3.8) is 0 Å². The highest BCUT2D eigenvalue weighted by atomic mass is 32.2. The van der Waals surface area contributed by atoms with E-state index < -0.39 is 10.0 Å². The molecule has 1 heterocycles. The number of sulfonamides is 1. The molecule has 4 aromatic rings. The molecule has 10 nitrogen and oxygen atoms in total. The van der Waals surface area contributed by atoms with Gasteiger partial charge in [-0.1, -0.05) is 45.1 Å². The number of nitriles is 2. The fourth-order valence-corrected chi connectivity index (χ4v) is 6.61. The van der Waals surface area contributed by atoms with Gasteiger partial charge in [0.2, 0.25) is 0 Å². The first-order valence-electron chi connectivity index (χ1n) is 15.5. The molecule has 240 valence electrons. The summed E-state index contributed by atoms with van der Waals surface area (Å²) in [5, 5.41) is 27.7. The van der Waals surface area contributed by atoms with E-state index >= 15 is 0 Å². The third kappa shape index (κ3) is 9.74. The van der Waals surface area contributed by atoms with Crippen LogP contribution in [0.25, 0.3) is 10.9 Å². The van der Waals surface area contributed by atoms with Crippen molar-refractivity contribution in [1.82, 2.24) is 4.37 Å². The molecule has 0 aliphatic heterocycles. The van der Waals surface area contributed by atoms with Gasteiger partial charge >= 0.3 is 0 Å². The van der Waals surface area contributed by atoms with Crippen LogP contribution in [0.1, 0.15) is 63.9 Å². The molecule has 0 fully saturated rings. The average Bonchev–Trinajstić information content (AvgIpc) is 3.47. The van der Waals surface area contributed by atoms with E-state index in [0.29, 0.717) is 65.6 Å². The molecule has 0 aliphatic rings. The summed E-state index contributed by atoms with van der Waals surface area (Å²) >= 11 is 1.14. The van der Waals surface area contributed by atoms with Crippen LogP contribution in [0.15, 0.2) is 75.8 Å². The van der Waals surface area contributed by atoms with Crippen LogP contribution in [0.3, 0.4) is 0 Å². The summed E-state index contributed by atoms with van der Waals surface area (Å²) in [4.78, 5) is 2.07. The number of hydrogen-bond acceptors (Lipinski definition) is 10. The normalized spacial score (nSPS) is 11.4. The van der Waals surface area contributed by atoms with Crippen molar-refractivity contribution in [2.24, 2.45) is 10.2 Å². The van der Waals surface area contributed by atoms with Crippen LogP contribution in [0.5, 0.6) is 5.75 Å². The van der Waals surface area contributed by atoms with E-state index in [1.165, 1.54) is 31.7 Å². The van der Waals surface area contributed by atoms with Gasteiger partial charge in [-0.05, 0) is 85.0 Å². The zero-order chi connectivity index (χ0) is 32.8. The minimum Gasteiger partial charge on any atom is -0.491 e. The van der Waals surface area contributed by atoms with Gasteiger partial charge in [0.05, 0.1) is 53.4 Å². The molecular formula is C34H39N7O3S2. The number of nitrogens with zero attached hydrogens (tertiary/aromatic N) is 6. The Labute approximate surface area is 275 Å². The Morgan fingerprint density at radius 3 is 2.35 bits per heavy atom. The Kier molecular flexibility index (Phi) is 12.9. The van der Waals surface area contributed by atoms with E-state index in [1.54, 1.807) is 24.3 Å². The second-order valence-electron chi connectivity index (χ2n) is 10.9. The van der Waals surface area contributed by atoms with Crippen LogP contribution >= 0.6 is 11.5 Å². The molecule has 0 amide bonds. The van der Waals surface area contributed by atoms with Crippen molar-refractivity contribution in [2.75, 3.05) is 29.3 Å². The largest absolute Gasteiger partial charge is 0.491 e. The number of ether oxygens (including phenoxy) is 1. The van der Waals surface area contributed by atoms with E-state index in [4.69, 9.17) is 15.3 Å². The number of hydrogen-bond donors (Lipinski definition) is 1. The molecule has 0 radical (unpaired) electrons. The molecule has 1 N–H and O–H groups in total. The second kappa shape index (κ2) is 17.2. The molecule has 12 heteroatoms. The lowest BCUT2D eigenvalue weighted by molar-refractivity contribution is 0.306. The number of nitrogens with one attached hydrogen (secondary N) is 1. The fraction of sp³-hybridized carbons (Fsp3) is 0.382. The first-order chi connectivity index (χ1) is 22.3. The van der Waals surface area contributed by atoms with Crippen molar-refractivity contribution in [1.29, 1.82) is 10.5 Å². The topological polar surface area (TPSA) is 144 Å². The van der Waals surface area contributed by atoms with E-state index in [1.807, 2.05) is 42.2 Å².